The first-order valence-corrected chi connectivity index (χ1v) is 14.8. The van der Waals surface area contributed by atoms with Crippen LogP contribution in [-0.2, 0) is 0 Å². The van der Waals surface area contributed by atoms with Crippen molar-refractivity contribution < 1.29 is 0 Å². The van der Waals surface area contributed by atoms with Crippen molar-refractivity contribution in [1.29, 1.82) is 0 Å². The zero-order chi connectivity index (χ0) is 25.7. The van der Waals surface area contributed by atoms with Crippen LogP contribution in [0.2, 0.25) is 0 Å². The van der Waals surface area contributed by atoms with E-state index >= 15 is 0 Å². The van der Waals surface area contributed by atoms with E-state index in [1.165, 1.54) is 52.2 Å². The number of aromatic amines is 2. The van der Waals surface area contributed by atoms with Gasteiger partial charge >= 0.3 is 0 Å². The molecule has 4 aromatic heterocycles. The zero-order valence-corrected chi connectivity index (χ0v) is 23.3. The molecule has 0 fully saturated rings. The third-order valence-corrected chi connectivity index (χ3v) is 9.76. The Morgan fingerprint density at radius 1 is 0.658 bits per heavy atom. The van der Waals surface area contributed by atoms with Gasteiger partial charge in [0.05, 0.1) is 22.1 Å². The molecular formula is C32H26N4S2. The highest BCUT2D eigenvalue weighted by Gasteiger charge is 2.17. The molecule has 0 atom stereocenters. The van der Waals surface area contributed by atoms with Gasteiger partial charge < -0.3 is 9.97 Å². The summed E-state index contributed by atoms with van der Waals surface area (Å²) in [5.74, 6) is 2.85. The molecule has 0 bridgehead atoms. The summed E-state index contributed by atoms with van der Waals surface area (Å²) < 4.78 is 3.90. The first kappa shape index (κ1) is 22.3. The summed E-state index contributed by atoms with van der Waals surface area (Å²) in [7, 11) is 0. The molecule has 4 heterocycles. The van der Waals surface area contributed by atoms with Gasteiger partial charge in [-0.2, -0.15) is 0 Å². The number of thiophene rings is 2. The summed E-state index contributed by atoms with van der Waals surface area (Å²) in [6.45, 7) is 8.72. The average molecular weight is 531 g/mol. The monoisotopic (exact) mass is 530 g/mol. The van der Waals surface area contributed by atoms with E-state index in [9.17, 15) is 0 Å². The Morgan fingerprint density at radius 2 is 1.39 bits per heavy atom. The molecule has 2 N–H and O–H groups in total. The molecule has 0 amide bonds. The van der Waals surface area contributed by atoms with Crippen molar-refractivity contribution in [3.05, 3.63) is 71.6 Å². The van der Waals surface area contributed by atoms with E-state index < -0.39 is 0 Å². The highest BCUT2D eigenvalue weighted by atomic mass is 32.1. The zero-order valence-electron chi connectivity index (χ0n) is 21.6. The van der Waals surface area contributed by atoms with E-state index in [0.29, 0.717) is 11.8 Å². The average Bonchev–Trinajstić information content (AvgIpc) is 3.69. The molecule has 0 spiro atoms. The highest BCUT2D eigenvalue weighted by molar-refractivity contribution is 7.26. The fourth-order valence-corrected chi connectivity index (χ4v) is 7.73. The van der Waals surface area contributed by atoms with Crippen LogP contribution in [0.1, 0.15) is 51.2 Å². The number of hydrogen-bond donors (Lipinski definition) is 2. The SMILES string of the molecule is CC(C)c1nc2cc3sc4cc(-c5ccc6c(c5)c5sccc5c5nc(C(C)C)[nH]c65)ccc4c3cc2[nH]1. The van der Waals surface area contributed by atoms with Gasteiger partial charge in [-0.3, -0.25) is 0 Å². The number of hydrogen-bond acceptors (Lipinski definition) is 4. The maximum atomic E-state index is 4.97. The van der Waals surface area contributed by atoms with Gasteiger partial charge in [-0.15, -0.1) is 22.7 Å². The van der Waals surface area contributed by atoms with E-state index in [0.717, 1.165) is 33.7 Å². The van der Waals surface area contributed by atoms with Gasteiger partial charge in [-0.05, 0) is 46.8 Å². The molecule has 4 aromatic carbocycles. The molecule has 4 nitrogen and oxygen atoms in total. The minimum Gasteiger partial charge on any atom is -0.342 e. The van der Waals surface area contributed by atoms with E-state index in [4.69, 9.17) is 9.97 Å². The maximum Gasteiger partial charge on any atom is 0.109 e. The van der Waals surface area contributed by atoms with Gasteiger partial charge in [-0.1, -0.05) is 52.0 Å². The fraction of sp³-hybridized carbons (Fsp3) is 0.188. The molecule has 8 aromatic rings. The van der Waals surface area contributed by atoms with Crippen LogP contribution < -0.4 is 0 Å². The van der Waals surface area contributed by atoms with Gasteiger partial charge in [0.25, 0.3) is 0 Å². The highest BCUT2D eigenvalue weighted by Crippen LogP contribution is 2.41. The van der Waals surface area contributed by atoms with Crippen molar-refractivity contribution in [2.45, 2.75) is 39.5 Å². The topological polar surface area (TPSA) is 57.4 Å². The van der Waals surface area contributed by atoms with Crippen molar-refractivity contribution in [2.24, 2.45) is 0 Å². The van der Waals surface area contributed by atoms with Crippen LogP contribution in [-0.4, -0.2) is 19.9 Å². The van der Waals surface area contributed by atoms with Crippen molar-refractivity contribution in [1.82, 2.24) is 19.9 Å². The van der Waals surface area contributed by atoms with Crippen LogP contribution >= 0.6 is 22.7 Å². The predicted molar refractivity (Wildman–Crippen MR) is 165 cm³/mol. The minimum atomic E-state index is 0.361. The summed E-state index contributed by atoms with van der Waals surface area (Å²) in [6, 6.07) is 20.5. The van der Waals surface area contributed by atoms with E-state index in [1.54, 1.807) is 11.3 Å². The van der Waals surface area contributed by atoms with Gasteiger partial charge in [0.2, 0.25) is 0 Å². The lowest BCUT2D eigenvalue weighted by atomic mass is 9.98. The molecule has 0 unspecified atom stereocenters. The molecule has 38 heavy (non-hydrogen) atoms. The summed E-state index contributed by atoms with van der Waals surface area (Å²) >= 11 is 3.66. The quantitative estimate of drug-likeness (QED) is 0.239. The lowest BCUT2D eigenvalue weighted by Crippen LogP contribution is -1.88. The van der Waals surface area contributed by atoms with Gasteiger partial charge in [0.15, 0.2) is 0 Å². The van der Waals surface area contributed by atoms with Crippen LogP contribution in [0.4, 0.5) is 0 Å². The number of imidazole rings is 2. The summed E-state index contributed by atoms with van der Waals surface area (Å²) in [4.78, 5) is 16.9. The van der Waals surface area contributed by atoms with E-state index in [1.807, 2.05) is 11.3 Å². The maximum absolute atomic E-state index is 4.97. The number of fused-ring (bicyclic) bond motifs is 10. The van der Waals surface area contributed by atoms with Crippen LogP contribution in [0.5, 0.6) is 0 Å². The summed E-state index contributed by atoms with van der Waals surface area (Å²) in [6.07, 6.45) is 0. The Balaban J connectivity index is 1.30. The largest absolute Gasteiger partial charge is 0.342 e. The smallest absolute Gasteiger partial charge is 0.109 e. The molecule has 0 aliphatic carbocycles. The van der Waals surface area contributed by atoms with E-state index in [-0.39, 0.29) is 0 Å². The van der Waals surface area contributed by atoms with E-state index in [2.05, 4.69) is 97.6 Å². The fourth-order valence-electron chi connectivity index (χ4n) is 5.64. The Labute approximate surface area is 227 Å². The van der Waals surface area contributed by atoms with Crippen molar-refractivity contribution in [3.63, 3.8) is 0 Å². The lowest BCUT2D eigenvalue weighted by Gasteiger charge is -2.07. The molecule has 8 rings (SSSR count). The second-order valence-corrected chi connectivity index (χ2v) is 12.9. The molecule has 0 radical (unpaired) electrons. The molecule has 0 aliphatic rings. The molecular weight excluding hydrogens is 505 g/mol. The molecule has 6 heteroatoms. The van der Waals surface area contributed by atoms with Gasteiger partial charge in [0, 0.05) is 52.9 Å². The standard InChI is InChI=1S/C32H26N4S2/c1-15(2)31-33-24-13-22-19-7-5-18(12-26(19)38-27(22)14-25(24)34-31)17-6-8-20-23(11-17)30-21(9-10-37-30)29-28(20)35-32(36-29)16(3)4/h5-16H,1-4H3,(H,33,34)(H,35,36). The summed E-state index contributed by atoms with van der Waals surface area (Å²) in [5, 5.41) is 8.55. The van der Waals surface area contributed by atoms with Crippen LogP contribution in [0, 0.1) is 0 Å². The predicted octanol–water partition coefficient (Wildman–Crippen LogP) is 10.1. The minimum absolute atomic E-state index is 0.361. The number of benzene rings is 4. The Morgan fingerprint density at radius 3 is 2.21 bits per heavy atom. The third kappa shape index (κ3) is 3.14. The van der Waals surface area contributed by atoms with Crippen molar-refractivity contribution in [3.8, 4) is 11.1 Å². The van der Waals surface area contributed by atoms with Crippen LogP contribution in [0.15, 0.2) is 60.0 Å². The first-order chi connectivity index (χ1) is 18.4. The first-order valence-electron chi connectivity index (χ1n) is 13.1. The Kier molecular flexibility index (Phi) is 4.62. The number of H-pyrrole nitrogens is 2. The van der Waals surface area contributed by atoms with Crippen molar-refractivity contribution >= 4 is 85.8 Å². The number of rotatable bonds is 3. The Hall–Kier alpha value is -3.74. The lowest BCUT2D eigenvalue weighted by molar-refractivity contribution is 0.799. The second kappa shape index (κ2) is 7.88. The Bertz CT molecular complexity index is 2200. The van der Waals surface area contributed by atoms with Crippen LogP contribution in [0.3, 0.4) is 0 Å². The normalized spacial score (nSPS) is 12.7. The number of aromatic nitrogens is 4. The third-order valence-electron chi connectivity index (χ3n) is 7.70. The molecule has 0 saturated heterocycles. The van der Waals surface area contributed by atoms with Gasteiger partial charge in [0.1, 0.15) is 11.6 Å². The van der Waals surface area contributed by atoms with Gasteiger partial charge in [-0.25, -0.2) is 9.97 Å². The second-order valence-electron chi connectivity index (χ2n) is 10.9. The number of nitrogens with zero attached hydrogens (tertiary/aromatic N) is 2. The molecule has 0 saturated carbocycles. The van der Waals surface area contributed by atoms with Crippen molar-refractivity contribution in [2.75, 3.05) is 0 Å². The molecule has 0 aliphatic heterocycles. The molecule has 186 valence electrons. The van der Waals surface area contributed by atoms with Crippen LogP contribution in [0.25, 0.3) is 74.2 Å². The summed E-state index contributed by atoms with van der Waals surface area (Å²) in [5.41, 5.74) is 6.88. The number of nitrogens with one attached hydrogen (secondary N) is 2.